The van der Waals surface area contributed by atoms with Crippen molar-refractivity contribution >= 4 is 5.91 Å². The lowest BCUT2D eigenvalue weighted by atomic mass is 10.2. The molecule has 0 spiro atoms. The first-order chi connectivity index (χ1) is 7.19. The van der Waals surface area contributed by atoms with Gasteiger partial charge in [-0.2, -0.15) is 0 Å². The molecule has 1 amide bonds. The summed E-state index contributed by atoms with van der Waals surface area (Å²) < 4.78 is 0. The van der Waals surface area contributed by atoms with Crippen molar-refractivity contribution in [1.29, 1.82) is 0 Å². The van der Waals surface area contributed by atoms with E-state index < -0.39 is 0 Å². The molecule has 0 radical (unpaired) electrons. The van der Waals surface area contributed by atoms with Crippen LogP contribution in [0.3, 0.4) is 0 Å². The van der Waals surface area contributed by atoms with Crippen LogP contribution >= 0.6 is 0 Å². The van der Waals surface area contributed by atoms with E-state index in [0.717, 1.165) is 32.6 Å². The number of amides is 1. The highest BCUT2D eigenvalue weighted by Crippen LogP contribution is 2.06. The molecule has 0 aliphatic carbocycles. The molecule has 1 unspecified atom stereocenters. The number of nitrogens with zero attached hydrogens (tertiary/aromatic N) is 2. The molecule has 1 aliphatic heterocycles. The molecule has 1 aliphatic rings. The molecule has 1 heterocycles. The molecule has 1 rings (SSSR count). The standard InChI is InChI=1S/C11H23N3O/c1-4-14(5-2)9-11(15)13(3)10-6-7-12-8-10/h10,12H,4-9H2,1-3H3. The first-order valence-electron chi connectivity index (χ1n) is 5.87. The summed E-state index contributed by atoms with van der Waals surface area (Å²) in [7, 11) is 1.92. The van der Waals surface area contributed by atoms with Gasteiger partial charge in [0.1, 0.15) is 0 Å². The van der Waals surface area contributed by atoms with Gasteiger partial charge in [-0.25, -0.2) is 0 Å². The Kier molecular flexibility index (Phi) is 5.05. The fourth-order valence-corrected chi connectivity index (χ4v) is 1.92. The van der Waals surface area contributed by atoms with Crippen LogP contribution in [-0.4, -0.2) is 61.5 Å². The third kappa shape index (κ3) is 3.47. The molecule has 1 fully saturated rings. The normalized spacial score (nSPS) is 20.9. The number of nitrogens with one attached hydrogen (secondary N) is 1. The second-order valence-electron chi connectivity index (χ2n) is 4.11. The SMILES string of the molecule is CCN(CC)CC(=O)N(C)C1CCNC1. The zero-order valence-electron chi connectivity index (χ0n) is 10.1. The lowest BCUT2D eigenvalue weighted by molar-refractivity contribution is -0.132. The smallest absolute Gasteiger partial charge is 0.236 e. The molecule has 1 atom stereocenters. The molecule has 1 saturated heterocycles. The summed E-state index contributed by atoms with van der Waals surface area (Å²) in [4.78, 5) is 16.0. The number of carbonyl (C=O) groups is 1. The zero-order chi connectivity index (χ0) is 11.3. The Hall–Kier alpha value is -0.610. The summed E-state index contributed by atoms with van der Waals surface area (Å²) in [6.07, 6.45) is 1.08. The Bertz CT molecular complexity index is 198. The molecule has 4 nitrogen and oxygen atoms in total. The van der Waals surface area contributed by atoms with E-state index in [1.165, 1.54) is 0 Å². The average Bonchev–Trinajstić information content (AvgIpc) is 2.77. The van der Waals surface area contributed by atoms with E-state index in [9.17, 15) is 4.79 Å². The third-order valence-corrected chi connectivity index (χ3v) is 3.23. The molecule has 1 N–H and O–H groups in total. The van der Waals surface area contributed by atoms with Crippen LogP contribution in [-0.2, 0) is 4.79 Å². The Morgan fingerprint density at radius 2 is 2.07 bits per heavy atom. The van der Waals surface area contributed by atoms with E-state index in [1.54, 1.807) is 0 Å². The van der Waals surface area contributed by atoms with E-state index in [1.807, 2.05) is 11.9 Å². The van der Waals surface area contributed by atoms with Gasteiger partial charge in [0.05, 0.1) is 6.54 Å². The topological polar surface area (TPSA) is 35.6 Å². The van der Waals surface area contributed by atoms with Crippen LogP contribution in [0.25, 0.3) is 0 Å². The van der Waals surface area contributed by atoms with Gasteiger partial charge in [-0.3, -0.25) is 9.69 Å². The lowest BCUT2D eigenvalue weighted by Crippen LogP contribution is -2.44. The average molecular weight is 213 g/mol. The predicted octanol–water partition coefficient (Wildman–Crippen LogP) is 0.149. The molecule has 0 bridgehead atoms. The highest BCUT2D eigenvalue weighted by molar-refractivity contribution is 5.78. The summed E-state index contributed by atoms with van der Waals surface area (Å²) in [6.45, 7) is 8.61. The summed E-state index contributed by atoms with van der Waals surface area (Å²) in [5.74, 6) is 0.243. The van der Waals surface area contributed by atoms with Crippen molar-refractivity contribution in [2.75, 3.05) is 39.8 Å². The molecule has 0 aromatic carbocycles. The van der Waals surface area contributed by atoms with Crippen LogP contribution in [0.15, 0.2) is 0 Å². The van der Waals surface area contributed by atoms with E-state index in [4.69, 9.17) is 0 Å². The second-order valence-corrected chi connectivity index (χ2v) is 4.11. The number of hydrogen-bond donors (Lipinski definition) is 1. The highest BCUT2D eigenvalue weighted by atomic mass is 16.2. The van der Waals surface area contributed by atoms with Crippen LogP contribution in [0.4, 0.5) is 0 Å². The van der Waals surface area contributed by atoms with Gasteiger partial charge in [0.15, 0.2) is 0 Å². The van der Waals surface area contributed by atoms with Crippen molar-refractivity contribution in [3.63, 3.8) is 0 Å². The minimum Gasteiger partial charge on any atom is -0.340 e. The van der Waals surface area contributed by atoms with Gasteiger partial charge >= 0.3 is 0 Å². The molecular weight excluding hydrogens is 190 g/mol. The quantitative estimate of drug-likeness (QED) is 0.706. The van der Waals surface area contributed by atoms with Gasteiger partial charge in [0.2, 0.25) is 5.91 Å². The fourth-order valence-electron chi connectivity index (χ4n) is 1.92. The van der Waals surface area contributed by atoms with Crippen LogP contribution in [0, 0.1) is 0 Å². The first kappa shape index (κ1) is 12.5. The molecule has 88 valence electrons. The Labute approximate surface area is 92.6 Å². The minimum absolute atomic E-state index is 0.243. The lowest BCUT2D eigenvalue weighted by Gasteiger charge is -2.27. The van der Waals surface area contributed by atoms with Crippen molar-refractivity contribution < 1.29 is 4.79 Å². The molecular formula is C11H23N3O. The third-order valence-electron chi connectivity index (χ3n) is 3.23. The van der Waals surface area contributed by atoms with Crippen LogP contribution in [0.2, 0.25) is 0 Å². The highest BCUT2D eigenvalue weighted by Gasteiger charge is 2.23. The Morgan fingerprint density at radius 1 is 1.40 bits per heavy atom. The van der Waals surface area contributed by atoms with Crippen molar-refractivity contribution in [3.8, 4) is 0 Å². The van der Waals surface area contributed by atoms with Crippen molar-refractivity contribution in [3.05, 3.63) is 0 Å². The summed E-state index contributed by atoms with van der Waals surface area (Å²) in [5.41, 5.74) is 0. The second kappa shape index (κ2) is 6.08. The van der Waals surface area contributed by atoms with Gasteiger partial charge in [0.25, 0.3) is 0 Å². The maximum absolute atomic E-state index is 11.9. The molecule has 0 aromatic rings. The van der Waals surface area contributed by atoms with E-state index in [2.05, 4.69) is 24.1 Å². The van der Waals surface area contributed by atoms with Crippen LogP contribution in [0.1, 0.15) is 20.3 Å². The monoisotopic (exact) mass is 213 g/mol. The molecule has 4 heteroatoms. The molecule has 0 saturated carbocycles. The summed E-state index contributed by atoms with van der Waals surface area (Å²) in [5, 5.41) is 3.28. The van der Waals surface area contributed by atoms with Gasteiger partial charge < -0.3 is 10.2 Å². The number of carbonyl (C=O) groups excluding carboxylic acids is 1. The predicted molar refractivity (Wildman–Crippen MR) is 61.8 cm³/mol. The Morgan fingerprint density at radius 3 is 2.53 bits per heavy atom. The van der Waals surface area contributed by atoms with E-state index in [-0.39, 0.29) is 5.91 Å². The Balaban J connectivity index is 2.37. The van der Waals surface area contributed by atoms with Crippen LogP contribution in [0.5, 0.6) is 0 Å². The molecule has 0 aromatic heterocycles. The van der Waals surface area contributed by atoms with Crippen molar-refractivity contribution in [2.45, 2.75) is 26.3 Å². The number of rotatable bonds is 5. The van der Waals surface area contributed by atoms with Gasteiger partial charge in [0, 0.05) is 19.6 Å². The van der Waals surface area contributed by atoms with Crippen molar-refractivity contribution in [1.82, 2.24) is 15.1 Å². The molecule has 15 heavy (non-hydrogen) atoms. The largest absolute Gasteiger partial charge is 0.340 e. The number of likely N-dealkylation sites (N-methyl/N-ethyl adjacent to an activating group) is 2. The summed E-state index contributed by atoms with van der Waals surface area (Å²) >= 11 is 0. The maximum Gasteiger partial charge on any atom is 0.236 e. The van der Waals surface area contributed by atoms with Gasteiger partial charge in [-0.05, 0) is 26.1 Å². The van der Waals surface area contributed by atoms with Gasteiger partial charge in [-0.15, -0.1) is 0 Å². The van der Waals surface area contributed by atoms with E-state index in [0.29, 0.717) is 12.6 Å². The summed E-state index contributed by atoms with van der Waals surface area (Å²) in [6, 6.07) is 0.396. The van der Waals surface area contributed by atoms with Gasteiger partial charge in [-0.1, -0.05) is 13.8 Å². The maximum atomic E-state index is 11.9. The number of hydrogen-bond acceptors (Lipinski definition) is 3. The first-order valence-corrected chi connectivity index (χ1v) is 5.87. The van der Waals surface area contributed by atoms with Crippen LogP contribution < -0.4 is 5.32 Å². The van der Waals surface area contributed by atoms with Crippen molar-refractivity contribution in [2.24, 2.45) is 0 Å². The van der Waals surface area contributed by atoms with E-state index >= 15 is 0 Å². The fraction of sp³-hybridized carbons (Fsp3) is 0.909. The minimum atomic E-state index is 0.243. The zero-order valence-corrected chi connectivity index (χ0v) is 10.1.